The minimum atomic E-state index is -2.62. The second-order valence-electron chi connectivity index (χ2n) is 8.11. The molecule has 0 spiro atoms. The van der Waals surface area contributed by atoms with E-state index in [1.165, 1.54) is 6.07 Å². The maximum Gasteiger partial charge on any atom is 0.248 e. The van der Waals surface area contributed by atoms with Crippen molar-refractivity contribution in [2.75, 3.05) is 18.4 Å². The number of nitrogens with one attached hydrogen (secondary N) is 1. The quantitative estimate of drug-likeness (QED) is 0.600. The van der Waals surface area contributed by atoms with E-state index in [1.54, 1.807) is 36.4 Å². The summed E-state index contributed by atoms with van der Waals surface area (Å²) >= 11 is 12.0. The number of benzene rings is 2. The summed E-state index contributed by atoms with van der Waals surface area (Å²) in [5.74, 6) is -4.08. The summed E-state index contributed by atoms with van der Waals surface area (Å²) in [6.07, 6.45) is 0.179. The molecule has 160 valence electrons. The summed E-state index contributed by atoms with van der Waals surface area (Å²) in [7, 11) is 0. The Kier molecular flexibility index (Phi) is 6.02. The van der Waals surface area contributed by atoms with Crippen LogP contribution >= 0.6 is 23.2 Å². The molecule has 2 aliphatic rings. The first kappa shape index (κ1) is 21.5. The van der Waals surface area contributed by atoms with Crippen LogP contribution < -0.4 is 5.32 Å². The van der Waals surface area contributed by atoms with Crippen LogP contribution in [0.4, 0.5) is 18.9 Å². The van der Waals surface area contributed by atoms with Crippen LogP contribution in [0.2, 0.25) is 10.0 Å². The number of nitrogens with zero attached hydrogens (tertiary/aromatic N) is 1. The Morgan fingerprint density at radius 3 is 2.60 bits per heavy atom. The van der Waals surface area contributed by atoms with E-state index in [0.29, 0.717) is 35.8 Å². The van der Waals surface area contributed by atoms with Gasteiger partial charge in [0.25, 0.3) is 0 Å². The number of alkyl halides is 2. The van der Waals surface area contributed by atoms with E-state index in [-0.39, 0.29) is 29.7 Å². The third-order valence-electron chi connectivity index (χ3n) is 5.91. The standard InChI is InChI=1S/C22H21Cl2F3N2O/c23-14-3-1-4-15(9-14)28-21(30)20-17(16-5-2-6-18(24)19(16)25)7-8-29(20)12-13-10-22(26,27)11-13/h1-6,9,13,17,20H,7-8,10-12H2,(H,28,30). The average molecular weight is 457 g/mol. The Balaban J connectivity index is 1.59. The molecule has 1 aliphatic heterocycles. The van der Waals surface area contributed by atoms with Gasteiger partial charge in [0, 0.05) is 36.0 Å². The number of carbonyl (C=O) groups is 1. The molecule has 1 heterocycles. The highest BCUT2D eigenvalue weighted by atomic mass is 35.5. The monoisotopic (exact) mass is 456 g/mol. The van der Waals surface area contributed by atoms with E-state index in [9.17, 15) is 18.0 Å². The van der Waals surface area contributed by atoms with Gasteiger partial charge in [-0.15, -0.1) is 0 Å². The van der Waals surface area contributed by atoms with E-state index in [1.807, 2.05) is 4.90 Å². The molecule has 1 amide bonds. The molecule has 0 bridgehead atoms. The fourth-order valence-corrected chi connectivity index (χ4v) is 4.94. The maximum atomic E-state index is 14.7. The number of likely N-dealkylation sites (tertiary alicyclic amines) is 1. The summed E-state index contributed by atoms with van der Waals surface area (Å²) in [6.45, 7) is 0.897. The smallest absolute Gasteiger partial charge is 0.248 e. The van der Waals surface area contributed by atoms with E-state index in [2.05, 4.69) is 5.32 Å². The van der Waals surface area contributed by atoms with Gasteiger partial charge in [-0.3, -0.25) is 9.69 Å². The number of carbonyl (C=O) groups excluding carboxylic acids is 1. The zero-order chi connectivity index (χ0) is 21.5. The largest absolute Gasteiger partial charge is 0.325 e. The van der Waals surface area contributed by atoms with Gasteiger partial charge in [-0.05, 0) is 48.7 Å². The van der Waals surface area contributed by atoms with Crippen LogP contribution in [0.15, 0.2) is 42.5 Å². The lowest BCUT2D eigenvalue weighted by molar-refractivity contribution is -0.126. The van der Waals surface area contributed by atoms with E-state index >= 15 is 0 Å². The van der Waals surface area contributed by atoms with Gasteiger partial charge in [0.1, 0.15) is 5.82 Å². The van der Waals surface area contributed by atoms with E-state index in [0.717, 1.165) is 0 Å². The van der Waals surface area contributed by atoms with Crippen molar-refractivity contribution in [3.05, 3.63) is 63.9 Å². The molecule has 2 aromatic carbocycles. The molecule has 8 heteroatoms. The fraction of sp³-hybridized carbons (Fsp3) is 0.409. The molecular weight excluding hydrogens is 436 g/mol. The van der Waals surface area contributed by atoms with Crippen LogP contribution in [0.5, 0.6) is 0 Å². The Hall–Kier alpha value is -1.76. The topological polar surface area (TPSA) is 32.3 Å². The minimum Gasteiger partial charge on any atom is -0.325 e. The molecule has 4 rings (SSSR count). The molecule has 2 unspecified atom stereocenters. The maximum absolute atomic E-state index is 14.7. The summed E-state index contributed by atoms with van der Waals surface area (Å²) in [6, 6.07) is 10.8. The molecule has 1 aliphatic carbocycles. The third-order valence-corrected chi connectivity index (χ3v) is 6.44. The van der Waals surface area contributed by atoms with E-state index in [4.69, 9.17) is 23.2 Å². The second-order valence-corrected chi connectivity index (χ2v) is 8.95. The highest BCUT2D eigenvalue weighted by Crippen LogP contribution is 2.45. The van der Waals surface area contributed by atoms with Crippen LogP contribution in [-0.2, 0) is 4.79 Å². The first-order valence-corrected chi connectivity index (χ1v) is 10.6. The molecule has 1 saturated heterocycles. The zero-order valence-corrected chi connectivity index (χ0v) is 17.6. The minimum absolute atomic E-state index is 0.00131. The Bertz CT molecular complexity index is 948. The third kappa shape index (κ3) is 4.46. The van der Waals surface area contributed by atoms with Crippen molar-refractivity contribution < 1.29 is 18.0 Å². The molecule has 0 aromatic heterocycles. The summed E-state index contributed by atoms with van der Waals surface area (Å²) in [5, 5.41) is 3.32. The van der Waals surface area contributed by atoms with Crippen LogP contribution in [0.1, 0.15) is 30.7 Å². The molecule has 3 nitrogen and oxygen atoms in total. The predicted octanol–water partition coefficient (Wildman–Crippen LogP) is 5.97. The molecule has 1 N–H and O–H groups in total. The molecule has 0 radical (unpaired) electrons. The Morgan fingerprint density at radius 1 is 1.17 bits per heavy atom. The van der Waals surface area contributed by atoms with Crippen LogP contribution in [0.3, 0.4) is 0 Å². The van der Waals surface area contributed by atoms with Gasteiger partial charge in [0.05, 0.1) is 11.1 Å². The molecule has 2 aromatic rings. The first-order chi connectivity index (χ1) is 14.2. The Morgan fingerprint density at radius 2 is 1.90 bits per heavy atom. The zero-order valence-electron chi connectivity index (χ0n) is 16.1. The summed E-state index contributed by atoms with van der Waals surface area (Å²) < 4.78 is 41.4. The van der Waals surface area contributed by atoms with Crippen LogP contribution in [0.25, 0.3) is 0 Å². The lowest BCUT2D eigenvalue weighted by atomic mass is 9.80. The number of hydrogen-bond acceptors (Lipinski definition) is 2. The predicted molar refractivity (Wildman–Crippen MR) is 112 cm³/mol. The number of anilines is 1. The van der Waals surface area contributed by atoms with Crippen molar-refractivity contribution in [1.82, 2.24) is 4.90 Å². The van der Waals surface area contributed by atoms with Gasteiger partial charge in [0.15, 0.2) is 0 Å². The molecule has 2 atom stereocenters. The first-order valence-electron chi connectivity index (χ1n) is 9.86. The van der Waals surface area contributed by atoms with Crippen molar-refractivity contribution in [3.63, 3.8) is 0 Å². The van der Waals surface area contributed by atoms with Crippen molar-refractivity contribution >= 4 is 34.8 Å². The van der Waals surface area contributed by atoms with Gasteiger partial charge in [0.2, 0.25) is 11.8 Å². The molecular formula is C22H21Cl2F3N2O. The molecule has 1 saturated carbocycles. The number of halogens is 5. The SMILES string of the molecule is O=C(Nc1cccc(Cl)c1)C1C(c2cccc(Cl)c2F)CCN1CC1CC(F)(F)C1. The van der Waals surface area contributed by atoms with Gasteiger partial charge >= 0.3 is 0 Å². The van der Waals surface area contributed by atoms with Gasteiger partial charge in [-0.1, -0.05) is 41.4 Å². The van der Waals surface area contributed by atoms with Gasteiger partial charge < -0.3 is 5.32 Å². The lowest BCUT2D eigenvalue weighted by Gasteiger charge is -2.39. The van der Waals surface area contributed by atoms with E-state index < -0.39 is 23.7 Å². The Labute approximate surface area is 183 Å². The average Bonchev–Trinajstić information content (AvgIpc) is 3.06. The van der Waals surface area contributed by atoms with Gasteiger partial charge in [-0.2, -0.15) is 0 Å². The highest BCUT2D eigenvalue weighted by molar-refractivity contribution is 6.31. The number of hydrogen-bond donors (Lipinski definition) is 1. The van der Waals surface area contributed by atoms with Gasteiger partial charge in [-0.25, -0.2) is 13.2 Å². The fourth-order valence-electron chi connectivity index (χ4n) is 4.57. The summed E-state index contributed by atoms with van der Waals surface area (Å²) in [4.78, 5) is 15.1. The van der Waals surface area contributed by atoms with Crippen molar-refractivity contribution in [1.29, 1.82) is 0 Å². The number of amides is 1. The lowest BCUT2D eigenvalue weighted by Crippen LogP contribution is -2.48. The highest BCUT2D eigenvalue weighted by Gasteiger charge is 2.48. The number of rotatable bonds is 5. The van der Waals surface area contributed by atoms with Crippen LogP contribution in [0, 0.1) is 11.7 Å². The van der Waals surface area contributed by atoms with Crippen molar-refractivity contribution in [2.45, 2.75) is 37.1 Å². The summed E-state index contributed by atoms with van der Waals surface area (Å²) in [5.41, 5.74) is 0.898. The van der Waals surface area contributed by atoms with Crippen molar-refractivity contribution in [3.8, 4) is 0 Å². The van der Waals surface area contributed by atoms with Crippen LogP contribution in [-0.4, -0.2) is 35.9 Å². The normalized spacial score (nSPS) is 23.9. The second kappa shape index (κ2) is 8.40. The molecule has 30 heavy (non-hydrogen) atoms. The molecule has 2 fully saturated rings. The van der Waals surface area contributed by atoms with Crippen molar-refractivity contribution in [2.24, 2.45) is 5.92 Å².